The predicted molar refractivity (Wildman–Crippen MR) is 65.9 cm³/mol. The van der Waals surface area contributed by atoms with Gasteiger partial charge in [-0.1, -0.05) is 12.1 Å². The molecule has 1 aromatic heterocycles. The van der Waals surface area contributed by atoms with Gasteiger partial charge in [0.05, 0.1) is 18.8 Å². The lowest BCUT2D eigenvalue weighted by Crippen LogP contribution is -2.18. The summed E-state index contributed by atoms with van der Waals surface area (Å²) in [7, 11) is 3.58. The van der Waals surface area contributed by atoms with Crippen LogP contribution in [0.1, 0.15) is 17.3 Å². The van der Waals surface area contributed by atoms with E-state index in [2.05, 4.69) is 15.3 Å². The van der Waals surface area contributed by atoms with Crippen molar-refractivity contribution >= 4 is 0 Å². The maximum absolute atomic E-state index is 5.14. The highest BCUT2D eigenvalue weighted by Gasteiger charge is 2.12. The molecule has 17 heavy (non-hydrogen) atoms. The first-order chi connectivity index (χ1) is 8.35. The lowest BCUT2D eigenvalue weighted by Gasteiger charge is -2.16. The van der Waals surface area contributed by atoms with Crippen LogP contribution in [0.25, 0.3) is 0 Å². The number of benzene rings is 1. The Labute approximate surface area is 101 Å². The Bertz CT molecular complexity index is 456. The summed E-state index contributed by atoms with van der Waals surface area (Å²) in [5, 5.41) is 3.24. The molecule has 0 saturated carbocycles. The smallest absolute Gasteiger partial charge is 0.118 e. The van der Waals surface area contributed by atoms with E-state index in [9.17, 15) is 0 Å². The van der Waals surface area contributed by atoms with E-state index in [4.69, 9.17) is 4.74 Å². The Hall–Kier alpha value is -1.94. The molecule has 0 bridgehead atoms. The first kappa shape index (κ1) is 11.5. The Morgan fingerprint density at radius 1 is 1.18 bits per heavy atom. The van der Waals surface area contributed by atoms with E-state index < -0.39 is 0 Å². The van der Waals surface area contributed by atoms with E-state index in [0.29, 0.717) is 0 Å². The van der Waals surface area contributed by atoms with Crippen molar-refractivity contribution in [1.29, 1.82) is 0 Å². The second kappa shape index (κ2) is 5.41. The van der Waals surface area contributed by atoms with Crippen LogP contribution < -0.4 is 10.1 Å². The first-order valence-electron chi connectivity index (χ1n) is 5.42. The molecule has 1 unspecified atom stereocenters. The topological polar surface area (TPSA) is 47.0 Å². The summed E-state index contributed by atoms with van der Waals surface area (Å²) in [6.07, 6.45) is 3.30. The second-order valence-electron chi connectivity index (χ2n) is 3.63. The number of rotatable bonds is 4. The van der Waals surface area contributed by atoms with Crippen molar-refractivity contribution in [3.63, 3.8) is 0 Å². The molecule has 88 valence electrons. The average Bonchev–Trinajstić information content (AvgIpc) is 2.42. The van der Waals surface area contributed by atoms with Gasteiger partial charge in [0.1, 0.15) is 12.1 Å². The van der Waals surface area contributed by atoms with Crippen LogP contribution in [0.3, 0.4) is 0 Å². The minimum Gasteiger partial charge on any atom is -0.497 e. The molecule has 0 saturated heterocycles. The van der Waals surface area contributed by atoms with E-state index in [-0.39, 0.29) is 6.04 Å². The van der Waals surface area contributed by atoms with Gasteiger partial charge in [-0.2, -0.15) is 0 Å². The maximum atomic E-state index is 5.14. The number of hydrogen-bond donors (Lipinski definition) is 1. The lowest BCUT2D eigenvalue weighted by molar-refractivity contribution is 0.414. The van der Waals surface area contributed by atoms with Crippen LogP contribution in [0.15, 0.2) is 42.9 Å². The van der Waals surface area contributed by atoms with Crippen molar-refractivity contribution in [3.8, 4) is 5.75 Å². The van der Waals surface area contributed by atoms with Crippen LogP contribution >= 0.6 is 0 Å². The molecule has 2 rings (SSSR count). The van der Waals surface area contributed by atoms with Crippen LogP contribution in [-0.2, 0) is 0 Å². The van der Waals surface area contributed by atoms with Crippen molar-refractivity contribution in [2.24, 2.45) is 0 Å². The Kier molecular flexibility index (Phi) is 3.67. The van der Waals surface area contributed by atoms with Gasteiger partial charge in [0, 0.05) is 6.20 Å². The Morgan fingerprint density at radius 3 is 2.47 bits per heavy atom. The highest BCUT2D eigenvalue weighted by Crippen LogP contribution is 2.21. The molecule has 0 fully saturated rings. The summed E-state index contributed by atoms with van der Waals surface area (Å²) < 4.78 is 5.14. The first-order valence-corrected chi connectivity index (χ1v) is 5.42. The van der Waals surface area contributed by atoms with Crippen molar-refractivity contribution in [2.75, 3.05) is 14.2 Å². The second-order valence-corrected chi connectivity index (χ2v) is 3.63. The van der Waals surface area contributed by atoms with Gasteiger partial charge in [0.2, 0.25) is 0 Å². The molecule has 0 aliphatic rings. The van der Waals surface area contributed by atoms with Crippen LogP contribution in [0, 0.1) is 0 Å². The molecule has 4 heteroatoms. The summed E-state index contributed by atoms with van der Waals surface area (Å²) in [5.41, 5.74) is 2.10. The summed E-state index contributed by atoms with van der Waals surface area (Å²) in [6.45, 7) is 0. The largest absolute Gasteiger partial charge is 0.497 e. The van der Waals surface area contributed by atoms with Gasteiger partial charge in [-0.05, 0) is 30.8 Å². The predicted octanol–water partition coefficient (Wildman–Crippen LogP) is 1.79. The lowest BCUT2D eigenvalue weighted by atomic mass is 10.0. The molecular weight excluding hydrogens is 214 g/mol. The number of hydrogen-bond acceptors (Lipinski definition) is 4. The zero-order valence-corrected chi connectivity index (χ0v) is 9.92. The summed E-state index contributed by atoms with van der Waals surface area (Å²) in [5.74, 6) is 0.853. The van der Waals surface area contributed by atoms with Crippen LogP contribution in [-0.4, -0.2) is 24.1 Å². The molecule has 4 nitrogen and oxygen atoms in total. The number of nitrogens with one attached hydrogen (secondary N) is 1. The molecule has 2 aromatic rings. The fourth-order valence-corrected chi connectivity index (χ4v) is 1.75. The van der Waals surface area contributed by atoms with E-state index in [0.717, 1.165) is 17.0 Å². The Morgan fingerprint density at radius 2 is 1.94 bits per heavy atom. The number of ether oxygens (including phenoxy) is 1. The average molecular weight is 229 g/mol. The number of aromatic nitrogens is 2. The van der Waals surface area contributed by atoms with Crippen molar-refractivity contribution in [1.82, 2.24) is 15.3 Å². The minimum absolute atomic E-state index is 0.0731. The molecule has 1 heterocycles. The van der Waals surface area contributed by atoms with Gasteiger partial charge >= 0.3 is 0 Å². The van der Waals surface area contributed by atoms with E-state index in [1.807, 2.05) is 37.4 Å². The summed E-state index contributed by atoms with van der Waals surface area (Å²) in [4.78, 5) is 8.19. The number of nitrogens with zero attached hydrogens (tertiary/aromatic N) is 2. The fourth-order valence-electron chi connectivity index (χ4n) is 1.75. The molecule has 0 radical (unpaired) electrons. The molecule has 0 aliphatic carbocycles. The normalized spacial score (nSPS) is 12.1. The van der Waals surface area contributed by atoms with Gasteiger partial charge < -0.3 is 10.1 Å². The SMILES string of the molecule is CNC(c1ccc(OC)cc1)c1ccncn1. The third kappa shape index (κ3) is 2.60. The molecule has 1 atom stereocenters. The van der Waals surface area contributed by atoms with Crippen molar-refractivity contribution < 1.29 is 4.74 Å². The molecule has 0 amide bonds. The zero-order chi connectivity index (χ0) is 12.1. The highest BCUT2D eigenvalue weighted by atomic mass is 16.5. The molecular formula is C13H15N3O. The monoisotopic (exact) mass is 229 g/mol. The maximum Gasteiger partial charge on any atom is 0.118 e. The van der Waals surface area contributed by atoms with E-state index in [1.54, 1.807) is 19.6 Å². The molecule has 0 aliphatic heterocycles. The third-order valence-electron chi connectivity index (χ3n) is 2.64. The standard InChI is InChI=1S/C13H15N3O/c1-14-13(12-7-8-15-9-16-12)10-3-5-11(17-2)6-4-10/h3-9,13-14H,1-2H3. The minimum atomic E-state index is 0.0731. The zero-order valence-electron chi connectivity index (χ0n) is 9.92. The third-order valence-corrected chi connectivity index (χ3v) is 2.64. The van der Waals surface area contributed by atoms with Crippen molar-refractivity contribution in [3.05, 3.63) is 54.1 Å². The summed E-state index contributed by atoms with van der Waals surface area (Å²) in [6, 6.07) is 9.93. The fraction of sp³-hybridized carbons (Fsp3) is 0.231. The van der Waals surface area contributed by atoms with E-state index >= 15 is 0 Å². The van der Waals surface area contributed by atoms with Crippen LogP contribution in [0.5, 0.6) is 5.75 Å². The van der Waals surface area contributed by atoms with Crippen LogP contribution in [0.2, 0.25) is 0 Å². The van der Waals surface area contributed by atoms with Gasteiger partial charge in [-0.15, -0.1) is 0 Å². The quantitative estimate of drug-likeness (QED) is 0.868. The molecule has 1 aromatic carbocycles. The highest BCUT2D eigenvalue weighted by molar-refractivity contribution is 5.32. The summed E-state index contributed by atoms with van der Waals surface area (Å²) >= 11 is 0. The number of methoxy groups -OCH3 is 1. The van der Waals surface area contributed by atoms with Crippen molar-refractivity contribution in [2.45, 2.75) is 6.04 Å². The molecule has 1 N–H and O–H groups in total. The van der Waals surface area contributed by atoms with Gasteiger partial charge in [-0.25, -0.2) is 9.97 Å². The van der Waals surface area contributed by atoms with Gasteiger partial charge in [0.25, 0.3) is 0 Å². The van der Waals surface area contributed by atoms with Gasteiger partial charge in [-0.3, -0.25) is 0 Å². The Balaban J connectivity index is 2.29. The van der Waals surface area contributed by atoms with Crippen LogP contribution in [0.4, 0.5) is 0 Å². The van der Waals surface area contributed by atoms with E-state index in [1.165, 1.54) is 0 Å². The molecule has 0 spiro atoms. The van der Waals surface area contributed by atoms with Gasteiger partial charge in [0.15, 0.2) is 0 Å².